The predicted molar refractivity (Wildman–Crippen MR) is 47.7 cm³/mol. The first-order valence-electron chi connectivity index (χ1n) is 4.19. The van der Waals surface area contributed by atoms with Gasteiger partial charge in [0.25, 0.3) is 0 Å². The van der Waals surface area contributed by atoms with Gasteiger partial charge in [-0.3, -0.25) is 9.59 Å². The van der Waals surface area contributed by atoms with Crippen LogP contribution in [0.25, 0.3) is 0 Å². The zero-order chi connectivity index (χ0) is 9.84. The monoisotopic (exact) mass is 205 g/mol. The molecule has 1 atom stereocenters. The molecule has 1 unspecified atom stereocenters. The molecular formula is C8H12ClNO3. The third-order valence-electron chi connectivity index (χ3n) is 2.11. The first-order chi connectivity index (χ1) is 6.13. The van der Waals surface area contributed by atoms with Crippen molar-refractivity contribution in [2.75, 3.05) is 19.0 Å². The van der Waals surface area contributed by atoms with Gasteiger partial charge < -0.3 is 10.0 Å². The van der Waals surface area contributed by atoms with Crippen molar-refractivity contribution in [1.29, 1.82) is 0 Å². The van der Waals surface area contributed by atoms with Gasteiger partial charge in [-0.25, -0.2) is 0 Å². The lowest BCUT2D eigenvalue weighted by Gasteiger charge is -2.14. The minimum atomic E-state index is -0.873. The second-order valence-corrected chi connectivity index (χ2v) is 3.52. The molecule has 0 saturated carbocycles. The number of carboxylic acids is 1. The maximum atomic E-state index is 11.2. The number of carboxylic acid groups (broad SMARTS) is 1. The molecule has 1 rings (SSSR count). The lowest BCUT2D eigenvalue weighted by Crippen LogP contribution is -2.27. The highest BCUT2D eigenvalue weighted by Gasteiger charge is 2.28. The van der Waals surface area contributed by atoms with Crippen molar-refractivity contribution in [2.24, 2.45) is 5.92 Å². The Morgan fingerprint density at radius 3 is 2.85 bits per heavy atom. The molecule has 1 aliphatic heterocycles. The first-order valence-corrected chi connectivity index (χ1v) is 4.72. The average molecular weight is 206 g/mol. The van der Waals surface area contributed by atoms with Crippen LogP contribution in [-0.4, -0.2) is 40.9 Å². The van der Waals surface area contributed by atoms with Gasteiger partial charge in [0, 0.05) is 25.4 Å². The highest BCUT2D eigenvalue weighted by molar-refractivity contribution is 6.18. The van der Waals surface area contributed by atoms with Crippen LogP contribution in [0.15, 0.2) is 0 Å². The summed E-state index contributed by atoms with van der Waals surface area (Å²) < 4.78 is 0. The van der Waals surface area contributed by atoms with E-state index >= 15 is 0 Å². The number of hydrogen-bond acceptors (Lipinski definition) is 2. The van der Waals surface area contributed by atoms with Gasteiger partial charge in [-0.1, -0.05) is 0 Å². The number of hydrogen-bond donors (Lipinski definition) is 1. The molecule has 0 aromatic rings. The van der Waals surface area contributed by atoms with Crippen molar-refractivity contribution in [2.45, 2.75) is 12.8 Å². The fourth-order valence-corrected chi connectivity index (χ4v) is 1.61. The van der Waals surface area contributed by atoms with Gasteiger partial charge in [0.2, 0.25) is 5.91 Å². The SMILES string of the molecule is O=C(O)CCN1CC(CCl)CC1=O. The third-order valence-corrected chi connectivity index (χ3v) is 2.54. The molecular weight excluding hydrogens is 194 g/mol. The summed E-state index contributed by atoms with van der Waals surface area (Å²) in [7, 11) is 0. The summed E-state index contributed by atoms with van der Waals surface area (Å²) in [5.41, 5.74) is 0. The van der Waals surface area contributed by atoms with Gasteiger partial charge in [0.1, 0.15) is 0 Å². The van der Waals surface area contributed by atoms with Crippen molar-refractivity contribution >= 4 is 23.5 Å². The lowest BCUT2D eigenvalue weighted by molar-refractivity contribution is -0.137. The molecule has 1 N–H and O–H groups in total. The molecule has 0 radical (unpaired) electrons. The average Bonchev–Trinajstić information content (AvgIpc) is 2.43. The van der Waals surface area contributed by atoms with E-state index in [4.69, 9.17) is 16.7 Å². The Kier molecular flexibility index (Phi) is 3.54. The zero-order valence-electron chi connectivity index (χ0n) is 7.20. The Morgan fingerprint density at radius 2 is 2.38 bits per heavy atom. The topological polar surface area (TPSA) is 57.6 Å². The van der Waals surface area contributed by atoms with Gasteiger partial charge in [0.15, 0.2) is 0 Å². The number of carbonyl (C=O) groups is 2. The Balaban J connectivity index is 2.35. The van der Waals surface area contributed by atoms with Gasteiger partial charge in [0.05, 0.1) is 6.42 Å². The van der Waals surface area contributed by atoms with Crippen molar-refractivity contribution in [3.05, 3.63) is 0 Å². The van der Waals surface area contributed by atoms with E-state index in [-0.39, 0.29) is 18.2 Å². The molecule has 0 aromatic carbocycles. The molecule has 1 saturated heterocycles. The van der Waals surface area contributed by atoms with Crippen LogP contribution in [-0.2, 0) is 9.59 Å². The molecule has 0 bridgehead atoms. The maximum Gasteiger partial charge on any atom is 0.305 e. The third kappa shape index (κ3) is 2.88. The highest BCUT2D eigenvalue weighted by atomic mass is 35.5. The van der Waals surface area contributed by atoms with Crippen LogP contribution >= 0.6 is 11.6 Å². The highest BCUT2D eigenvalue weighted by Crippen LogP contribution is 2.18. The molecule has 0 aromatic heterocycles. The fraction of sp³-hybridized carbons (Fsp3) is 0.750. The maximum absolute atomic E-state index is 11.2. The summed E-state index contributed by atoms with van der Waals surface area (Å²) in [4.78, 5) is 23.1. The van der Waals surface area contributed by atoms with Crippen LogP contribution in [0.2, 0.25) is 0 Å². The van der Waals surface area contributed by atoms with Crippen LogP contribution in [0, 0.1) is 5.92 Å². The number of likely N-dealkylation sites (tertiary alicyclic amines) is 1. The van der Waals surface area contributed by atoms with Crippen molar-refractivity contribution in [3.63, 3.8) is 0 Å². The molecule has 1 heterocycles. The number of rotatable bonds is 4. The van der Waals surface area contributed by atoms with Gasteiger partial charge in [-0.15, -0.1) is 11.6 Å². The van der Waals surface area contributed by atoms with Gasteiger partial charge in [-0.2, -0.15) is 0 Å². The first kappa shape index (κ1) is 10.3. The van der Waals surface area contributed by atoms with Crippen molar-refractivity contribution in [3.8, 4) is 0 Å². The smallest absolute Gasteiger partial charge is 0.305 e. The van der Waals surface area contributed by atoms with Crippen LogP contribution in [0.1, 0.15) is 12.8 Å². The number of nitrogens with zero attached hydrogens (tertiary/aromatic N) is 1. The molecule has 74 valence electrons. The van der Waals surface area contributed by atoms with E-state index in [1.165, 1.54) is 0 Å². The Labute approximate surface area is 81.5 Å². The van der Waals surface area contributed by atoms with E-state index in [2.05, 4.69) is 0 Å². The van der Waals surface area contributed by atoms with Gasteiger partial charge in [-0.05, 0) is 5.92 Å². The number of aliphatic carboxylic acids is 1. The molecule has 1 aliphatic rings. The zero-order valence-corrected chi connectivity index (χ0v) is 7.96. The lowest BCUT2D eigenvalue weighted by atomic mass is 10.1. The Hall–Kier alpha value is -0.770. The quantitative estimate of drug-likeness (QED) is 0.682. The van der Waals surface area contributed by atoms with Crippen LogP contribution in [0.4, 0.5) is 0 Å². The molecule has 1 fully saturated rings. The predicted octanol–water partition coefficient (Wildman–Crippen LogP) is 0.548. The van der Waals surface area contributed by atoms with E-state index in [1.807, 2.05) is 0 Å². The van der Waals surface area contributed by atoms with E-state index in [0.717, 1.165) is 0 Å². The summed E-state index contributed by atoms with van der Waals surface area (Å²) >= 11 is 5.61. The van der Waals surface area contributed by atoms with Gasteiger partial charge >= 0.3 is 5.97 Å². The van der Waals surface area contributed by atoms with Crippen LogP contribution in [0.3, 0.4) is 0 Å². The number of amides is 1. The minimum absolute atomic E-state index is 0.0146. The number of carbonyl (C=O) groups excluding carboxylic acids is 1. The molecule has 5 heteroatoms. The minimum Gasteiger partial charge on any atom is -0.481 e. The van der Waals surface area contributed by atoms with Crippen LogP contribution in [0.5, 0.6) is 0 Å². The Morgan fingerprint density at radius 1 is 1.69 bits per heavy atom. The van der Waals surface area contributed by atoms with E-state index in [0.29, 0.717) is 25.4 Å². The van der Waals surface area contributed by atoms with E-state index in [1.54, 1.807) is 4.90 Å². The van der Waals surface area contributed by atoms with E-state index in [9.17, 15) is 9.59 Å². The van der Waals surface area contributed by atoms with E-state index < -0.39 is 5.97 Å². The molecule has 0 spiro atoms. The summed E-state index contributed by atoms with van der Waals surface area (Å²) in [6.45, 7) is 0.914. The number of halogens is 1. The summed E-state index contributed by atoms with van der Waals surface area (Å²) in [5, 5.41) is 8.42. The normalized spacial score (nSPS) is 22.4. The summed E-state index contributed by atoms with van der Waals surface area (Å²) in [6, 6.07) is 0. The molecule has 0 aliphatic carbocycles. The molecule has 4 nitrogen and oxygen atoms in total. The molecule has 1 amide bonds. The van der Waals surface area contributed by atoms with Crippen LogP contribution < -0.4 is 0 Å². The second kappa shape index (κ2) is 4.46. The second-order valence-electron chi connectivity index (χ2n) is 3.21. The summed E-state index contributed by atoms with van der Waals surface area (Å²) in [5.74, 6) is -0.188. The van der Waals surface area contributed by atoms with Crippen molar-refractivity contribution < 1.29 is 14.7 Å². The summed E-state index contributed by atoms with van der Waals surface area (Å²) in [6.07, 6.45) is 0.476. The Bertz CT molecular complexity index is 219. The largest absolute Gasteiger partial charge is 0.481 e. The molecule has 13 heavy (non-hydrogen) atoms. The standard InChI is InChI=1S/C8H12ClNO3/c9-4-6-3-7(11)10(5-6)2-1-8(12)13/h6H,1-5H2,(H,12,13). The van der Waals surface area contributed by atoms with Crippen molar-refractivity contribution in [1.82, 2.24) is 4.90 Å². The number of alkyl halides is 1. The fourth-order valence-electron chi connectivity index (χ4n) is 1.40.